The van der Waals surface area contributed by atoms with Crippen LogP contribution in [-0.2, 0) is 16.4 Å². The molecule has 0 amide bonds. The Morgan fingerprint density at radius 2 is 2.14 bits per heavy atom. The van der Waals surface area contributed by atoms with Gasteiger partial charge in [0.25, 0.3) is 15.7 Å². The van der Waals surface area contributed by atoms with Gasteiger partial charge in [-0.2, -0.15) is 0 Å². The van der Waals surface area contributed by atoms with Gasteiger partial charge in [-0.15, -0.1) is 22.7 Å². The molecule has 0 N–H and O–H groups in total. The van der Waals surface area contributed by atoms with Gasteiger partial charge in [0.2, 0.25) is 0 Å². The zero-order valence-corrected chi connectivity index (χ0v) is 14.4. The Bertz CT molecular complexity index is 827. The van der Waals surface area contributed by atoms with Gasteiger partial charge in [0, 0.05) is 17.5 Å². The summed E-state index contributed by atoms with van der Waals surface area (Å²) in [6, 6.07) is 2.83. The maximum Gasteiger partial charge on any atom is 0.300 e. The van der Waals surface area contributed by atoms with E-state index in [9.17, 15) is 18.5 Å². The topological polar surface area (TPSA) is 80.5 Å². The van der Waals surface area contributed by atoms with E-state index in [0.717, 1.165) is 41.5 Å². The smallest absolute Gasteiger partial charge is 0.265 e. The van der Waals surface area contributed by atoms with Crippen LogP contribution in [0.3, 0.4) is 0 Å². The predicted octanol–water partition coefficient (Wildman–Crippen LogP) is 3.90. The van der Waals surface area contributed by atoms with Crippen LogP contribution < -0.4 is 4.31 Å². The normalized spacial score (nSPS) is 15.4. The number of fused-ring (bicyclic) bond motifs is 1. The van der Waals surface area contributed by atoms with Crippen molar-refractivity contribution in [3.05, 3.63) is 36.8 Å². The second-order valence-corrected chi connectivity index (χ2v) is 9.49. The van der Waals surface area contributed by atoms with Gasteiger partial charge in [0.15, 0.2) is 4.34 Å². The zero-order chi connectivity index (χ0) is 15.9. The molecule has 1 aliphatic rings. The quantitative estimate of drug-likeness (QED) is 0.599. The Balaban J connectivity index is 2.07. The highest BCUT2D eigenvalue weighted by Crippen LogP contribution is 2.40. The first kappa shape index (κ1) is 15.7. The largest absolute Gasteiger partial charge is 0.300 e. The van der Waals surface area contributed by atoms with Gasteiger partial charge >= 0.3 is 0 Å². The fourth-order valence-electron chi connectivity index (χ4n) is 2.35. The van der Waals surface area contributed by atoms with Crippen molar-refractivity contribution in [1.29, 1.82) is 0 Å². The summed E-state index contributed by atoms with van der Waals surface area (Å²) in [6.07, 6.45) is 2.52. The number of anilines is 1. The van der Waals surface area contributed by atoms with E-state index >= 15 is 0 Å². The minimum Gasteiger partial charge on any atom is -0.265 e. The summed E-state index contributed by atoms with van der Waals surface area (Å²) in [5.41, 5.74) is 0.306. The number of thiophene rings is 2. The standard InChI is InChI=1S/C12H11ClN2O4S3/c13-12-9(15(16)17)7-11(21-12)22(18,19)14-5-2-1-3-10-8(14)4-6-20-10/h4,6-7H,1-3,5H2. The molecule has 6 nitrogen and oxygen atoms in total. The molecule has 10 heteroatoms. The van der Waals surface area contributed by atoms with E-state index in [1.165, 1.54) is 15.6 Å². The van der Waals surface area contributed by atoms with Crippen LogP contribution in [0.5, 0.6) is 0 Å². The molecule has 0 atom stereocenters. The molecule has 0 aliphatic carbocycles. The summed E-state index contributed by atoms with van der Waals surface area (Å²) in [5, 5.41) is 12.7. The lowest BCUT2D eigenvalue weighted by Gasteiger charge is -2.21. The Morgan fingerprint density at radius 3 is 2.82 bits per heavy atom. The highest BCUT2D eigenvalue weighted by molar-refractivity contribution is 7.94. The van der Waals surface area contributed by atoms with Gasteiger partial charge in [-0.1, -0.05) is 11.6 Å². The number of sulfonamides is 1. The molecule has 3 rings (SSSR count). The molecule has 0 fully saturated rings. The average molecular weight is 379 g/mol. The third kappa shape index (κ3) is 2.62. The fraction of sp³-hybridized carbons (Fsp3) is 0.333. The third-order valence-electron chi connectivity index (χ3n) is 3.39. The van der Waals surface area contributed by atoms with Crippen molar-refractivity contribution < 1.29 is 13.3 Å². The van der Waals surface area contributed by atoms with Gasteiger partial charge in [-0.05, 0) is 30.7 Å². The maximum atomic E-state index is 12.8. The maximum absolute atomic E-state index is 12.8. The average Bonchev–Trinajstić information content (AvgIpc) is 3.01. The van der Waals surface area contributed by atoms with Crippen LogP contribution >= 0.6 is 34.3 Å². The van der Waals surface area contributed by atoms with E-state index in [-0.39, 0.29) is 14.2 Å². The number of rotatable bonds is 3. The molecule has 0 radical (unpaired) electrons. The van der Waals surface area contributed by atoms with Crippen molar-refractivity contribution in [2.75, 3.05) is 10.8 Å². The first-order chi connectivity index (χ1) is 10.4. The molecule has 0 aromatic carbocycles. The van der Waals surface area contributed by atoms with Gasteiger partial charge in [0.1, 0.15) is 4.21 Å². The lowest BCUT2D eigenvalue weighted by Crippen LogP contribution is -2.30. The van der Waals surface area contributed by atoms with E-state index in [1.807, 2.05) is 5.38 Å². The number of halogens is 1. The van der Waals surface area contributed by atoms with Crippen LogP contribution in [0.15, 0.2) is 21.7 Å². The van der Waals surface area contributed by atoms with Crippen LogP contribution in [0.1, 0.15) is 17.7 Å². The van der Waals surface area contributed by atoms with E-state index in [4.69, 9.17) is 11.6 Å². The summed E-state index contributed by atoms with van der Waals surface area (Å²) in [7, 11) is -3.83. The molecular formula is C12H11ClN2O4S3. The fourth-order valence-corrected chi connectivity index (χ4v) is 6.65. The SMILES string of the molecule is O=[N+]([O-])c1cc(S(=O)(=O)N2CCCCc3sccc32)sc1Cl. The van der Waals surface area contributed by atoms with Crippen molar-refractivity contribution in [1.82, 2.24) is 0 Å². The molecule has 0 saturated carbocycles. The highest BCUT2D eigenvalue weighted by atomic mass is 35.5. The Morgan fingerprint density at radius 1 is 1.36 bits per heavy atom. The van der Waals surface area contributed by atoms with Crippen LogP contribution in [0.2, 0.25) is 4.34 Å². The summed E-state index contributed by atoms with van der Waals surface area (Å²) in [5.74, 6) is 0. The monoisotopic (exact) mass is 378 g/mol. The molecule has 1 aliphatic heterocycles. The van der Waals surface area contributed by atoms with Crippen molar-refractivity contribution in [2.24, 2.45) is 0 Å². The molecule has 0 unspecified atom stereocenters. The second kappa shape index (κ2) is 5.80. The van der Waals surface area contributed by atoms with Crippen molar-refractivity contribution in [3.8, 4) is 0 Å². The van der Waals surface area contributed by atoms with Gasteiger partial charge < -0.3 is 0 Å². The third-order valence-corrected chi connectivity index (χ3v) is 7.96. The molecular weight excluding hydrogens is 368 g/mol. The van der Waals surface area contributed by atoms with Crippen LogP contribution in [0.25, 0.3) is 0 Å². The predicted molar refractivity (Wildman–Crippen MR) is 87.8 cm³/mol. The van der Waals surface area contributed by atoms with Gasteiger partial charge in [-0.25, -0.2) is 8.42 Å². The Labute approximate surface area is 140 Å². The lowest BCUT2D eigenvalue weighted by molar-refractivity contribution is -0.384. The zero-order valence-electron chi connectivity index (χ0n) is 11.2. The number of nitrogens with zero attached hydrogens (tertiary/aromatic N) is 2. The number of hydrogen-bond donors (Lipinski definition) is 0. The lowest BCUT2D eigenvalue weighted by atomic mass is 10.2. The van der Waals surface area contributed by atoms with E-state index in [1.54, 1.807) is 6.07 Å². The molecule has 22 heavy (non-hydrogen) atoms. The molecule has 2 aromatic rings. The Hall–Kier alpha value is -1.16. The molecule has 3 heterocycles. The second-order valence-electron chi connectivity index (χ2n) is 4.74. The van der Waals surface area contributed by atoms with E-state index in [0.29, 0.717) is 12.2 Å². The first-order valence-corrected chi connectivity index (χ1v) is 9.95. The molecule has 0 spiro atoms. The van der Waals surface area contributed by atoms with Gasteiger partial charge in [-0.3, -0.25) is 14.4 Å². The minimum absolute atomic E-state index is 0.0942. The molecule has 2 aromatic heterocycles. The number of nitro groups is 1. The van der Waals surface area contributed by atoms with E-state index < -0.39 is 14.9 Å². The molecule has 0 saturated heterocycles. The summed E-state index contributed by atoms with van der Waals surface area (Å²) in [4.78, 5) is 11.2. The van der Waals surface area contributed by atoms with Crippen LogP contribution in [0, 0.1) is 10.1 Å². The number of aryl methyl sites for hydroxylation is 1. The minimum atomic E-state index is -3.83. The van der Waals surface area contributed by atoms with Crippen LogP contribution in [-0.4, -0.2) is 19.9 Å². The molecule has 118 valence electrons. The van der Waals surface area contributed by atoms with E-state index in [2.05, 4.69) is 0 Å². The van der Waals surface area contributed by atoms with Crippen LogP contribution in [0.4, 0.5) is 11.4 Å². The van der Waals surface area contributed by atoms with Crippen molar-refractivity contribution in [2.45, 2.75) is 23.5 Å². The molecule has 0 bridgehead atoms. The number of hydrogen-bond acceptors (Lipinski definition) is 6. The highest BCUT2D eigenvalue weighted by Gasteiger charge is 2.32. The summed E-state index contributed by atoms with van der Waals surface area (Å²) < 4.78 is 26.8. The first-order valence-electron chi connectivity index (χ1n) is 6.44. The van der Waals surface area contributed by atoms with Crippen molar-refractivity contribution in [3.63, 3.8) is 0 Å². The summed E-state index contributed by atoms with van der Waals surface area (Å²) >= 11 is 8.05. The Kier molecular flexibility index (Phi) is 4.15. The van der Waals surface area contributed by atoms with Gasteiger partial charge in [0.05, 0.1) is 10.6 Å². The summed E-state index contributed by atoms with van der Waals surface area (Å²) in [6.45, 7) is 0.370. The van der Waals surface area contributed by atoms with Crippen molar-refractivity contribution >= 4 is 55.7 Å².